The first-order chi connectivity index (χ1) is 28.3. The van der Waals surface area contributed by atoms with Gasteiger partial charge in [-0.05, 0) is 60.7 Å². The zero-order chi connectivity index (χ0) is 37.5. The average molecular weight is 746 g/mol. The van der Waals surface area contributed by atoms with Gasteiger partial charge in [0.15, 0.2) is 17.5 Å². The Labute approximate surface area is 331 Å². The maximum atomic E-state index is 5.01. The molecule has 0 bridgehead atoms. The summed E-state index contributed by atoms with van der Waals surface area (Å²) in [6.45, 7) is 0. The lowest BCUT2D eigenvalue weighted by molar-refractivity contribution is 1.07. The van der Waals surface area contributed by atoms with Gasteiger partial charge in [0.25, 0.3) is 0 Å². The van der Waals surface area contributed by atoms with Gasteiger partial charge in [0, 0.05) is 69.8 Å². The molecule has 4 aromatic heterocycles. The molecule has 0 amide bonds. The van der Waals surface area contributed by atoms with E-state index in [-0.39, 0.29) is 0 Å². The van der Waals surface area contributed by atoms with Crippen molar-refractivity contribution in [3.8, 4) is 45.5 Å². The number of nitrogens with zero attached hydrogens (tertiary/aromatic N) is 5. The van der Waals surface area contributed by atoms with Crippen LogP contribution >= 0.6 is 11.3 Å². The van der Waals surface area contributed by atoms with Crippen molar-refractivity contribution >= 4 is 75.1 Å². The molecule has 5 nitrogen and oxygen atoms in total. The lowest BCUT2D eigenvalue weighted by Gasteiger charge is -2.13. The van der Waals surface area contributed by atoms with Crippen molar-refractivity contribution in [3.05, 3.63) is 188 Å². The van der Waals surface area contributed by atoms with E-state index in [1.165, 1.54) is 58.3 Å². The summed E-state index contributed by atoms with van der Waals surface area (Å²) in [6.07, 6.45) is 0. The van der Waals surface area contributed by atoms with Crippen molar-refractivity contribution in [2.45, 2.75) is 0 Å². The van der Waals surface area contributed by atoms with E-state index in [0.717, 1.165) is 33.6 Å². The van der Waals surface area contributed by atoms with Crippen LogP contribution in [0.4, 0.5) is 0 Å². The molecule has 0 radical (unpaired) electrons. The van der Waals surface area contributed by atoms with E-state index in [1.54, 1.807) is 0 Å². The first kappa shape index (κ1) is 31.9. The van der Waals surface area contributed by atoms with Crippen LogP contribution in [0.25, 0.3) is 109 Å². The van der Waals surface area contributed by atoms with Crippen LogP contribution < -0.4 is 0 Å². The van der Waals surface area contributed by atoms with Gasteiger partial charge in [-0.15, -0.1) is 11.3 Å². The number of fused-ring (bicyclic) bond motifs is 10. The molecule has 4 heterocycles. The second-order valence-electron chi connectivity index (χ2n) is 14.4. The Morgan fingerprint density at radius 1 is 0.316 bits per heavy atom. The summed E-state index contributed by atoms with van der Waals surface area (Å²) in [5.41, 5.74) is 9.73. The maximum absolute atomic E-state index is 5.01. The number of benzene rings is 8. The minimum Gasteiger partial charge on any atom is -0.307 e. The Morgan fingerprint density at radius 2 is 0.754 bits per heavy atom. The lowest BCUT2D eigenvalue weighted by Crippen LogP contribution is -2.01. The van der Waals surface area contributed by atoms with Gasteiger partial charge in [0.05, 0.1) is 22.1 Å². The third kappa shape index (κ3) is 4.98. The standard InChI is InChI=1S/C51H31N5S/c1-3-13-32(14-4-1)49-52-50(33-15-5-2-6-16-33)54-51(53-49)34-23-25-35(26-24-34)55-43-20-10-7-17-37(43)40-28-29-41-38-18-8-11-21-44(38)56(48(41)47(40)55)36-27-30-46-42(31-36)39-19-9-12-22-45(39)57-46/h1-31H. The van der Waals surface area contributed by atoms with E-state index in [1.807, 2.05) is 72.0 Å². The van der Waals surface area contributed by atoms with Gasteiger partial charge < -0.3 is 9.13 Å². The van der Waals surface area contributed by atoms with E-state index < -0.39 is 0 Å². The summed E-state index contributed by atoms with van der Waals surface area (Å²) in [7, 11) is 0. The van der Waals surface area contributed by atoms with Crippen molar-refractivity contribution in [1.29, 1.82) is 0 Å². The van der Waals surface area contributed by atoms with Gasteiger partial charge in [-0.25, -0.2) is 15.0 Å². The zero-order valence-electron chi connectivity index (χ0n) is 30.5. The van der Waals surface area contributed by atoms with Crippen LogP contribution in [0.5, 0.6) is 0 Å². The molecule has 0 unspecified atom stereocenters. The number of thiophene rings is 1. The average Bonchev–Trinajstić information content (AvgIpc) is 3.94. The molecule has 12 rings (SSSR count). The Kier molecular flexibility index (Phi) is 7.03. The van der Waals surface area contributed by atoms with Gasteiger partial charge in [-0.1, -0.05) is 127 Å². The molecular weight excluding hydrogens is 715 g/mol. The smallest absolute Gasteiger partial charge is 0.164 e. The van der Waals surface area contributed by atoms with Gasteiger partial charge in [-0.2, -0.15) is 0 Å². The molecule has 0 fully saturated rings. The molecule has 12 aromatic rings. The summed E-state index contributed by atoms with van der Waals surface area (Å²) < 4.78 is 7.51. The lowest BCUT2D eigenvalue weighted by atomic mass is 10.1. The number of hydrogen-bond donors (Lipinski definition) is 0. The molecule has 8 aromatic carbocycles. The minimum atomic E-state index is 0.635. The fourth-order valence-electron chi connectivity index (χ4n) is 8.59. The summed E-state index contributed by atoms with van der Waals surface area (Å²) in [5.74, 6) is 1.93. The van der Waals surface area contributed by atoms with Gasteiger partial charge >= 0.3 is 0 Å². The highest BCUT2D eigenvalue weighted by Gasteiger charge is 2.22. The Morgan fingerprint density at radius 3 is 1.33 bits per heavy atom. The van der Waals surface area contributed by atoms with Crippen LogP contribution in [0.2, 0.25) is 0 Å². The number of para-hydroxylation sites is 2. The predicted octanol–water partition coefficient (Wildman–Crippen LogP) is 13.4. The fourth-order valence-corrected chi connectivity index (χ4v) is 9.67. The second kappa shape index (κ2) is 12.6. The predicted molar refractivity (Wildman–Crippen MR) is 238 cm³/mol. The normalized spacial score (nSPS) is 11.9. The largest absolute Gasteiger partial charge is 0.307 e. The Bertz CT molecular complexity index is 3450. The molecule has 0 aliphatic rings. The van der Waals surface area contributed by atoms with Crippen LogP contribution in [0.15, 0.2) is 188 Å². The van der Waals surface area contributed by atoms with Crippen molar-refractivity contribution in [1.82, 2.24) is 24.1 Å². The number of rotatable bonds is 5. The number of hydrogen-bond acceptors (Lipinski definition) is 4. The molecule has 0 spiro atoms. The molecule has 6 heteroatoms. The number of aromatic nitrogens is 5. The minimum absolute atomic E-state index is 0.635. The highest BCUT2D eigenvalue weighted by Crippen LogP contribution is 2.43. The summed E-state index contributed by atoms with van der Waals surface area (Å²) >= 11 is 1.85. The van der Waals surface area contributed by atoms with Crippen molar-refractivity contribution in [2.24, 2.45) is 0 Å². The topological polar surface area (TPSA) is 48.5 Å². The summed E-state index contributed by atoms with van der Waals surface area (Å²) in [6, 6.07) is 66.8. The highest BCUT2D eigenvalue weighted by atomic mass is 32.1. The van der Waals surface area contributed by atoms with Crippen LogP contribution in [-0.4, -0.2) is 24.1 Å². The van der Waals surface area contributed by atoms with E-state index in [2.05, 4.69) is 137 Å². The van der Waals surface area contributed by atoms with Gasteiger partial charge in [0.2, 0.25) is 0 Å². The van der Waals surface area contributed by atoms with Crippen molar-refractivity contribution in [3.63, 3.8) is 0 Å². The molecule has 0 aliphatic heterocycles. The molecule has 57 heavy (non-hydrogen) atoms. The van der Waals surface area contributed by atoms with Gasteiger partial charge in [0.1, 0.15) is 0 Å². The molecule has 0 saturated heterocycles. The van der Waals surface area contributed by atoms with Crippen LogP contribution in [0.1, 0.15) is 0 Å². The first-order valence-electron chi connectivity index (χ1n) is 19.1. The fraction of sp³-hybridized carbons (Fsp3) is 0. The molecule has 0 N–H and O–H groups in total. The Balaban J connectivity index is 1.10. The Hall–Kier alpha value is -7.41. The third-order valence-corrected chi connectivity index (χ3v) is 12.3. The summed E-state index contributed by atoms with van der Waals surface area (Å²) in [4.78, 5) is 14.9. The van der Waals surface area contributed by atoms with Crippen LogP contribution in [0, 0.1) is 0 Å². The van der Waals surface area contributed by atoms with E-state index in [0.29, 0.717) is 17.5 Å². The highest BCUT2D eigenvalue weighted by molar-refractivity contribution is 7.25. The van der Waals surface area contributed by atoms with Crippen LogP contribution in [-0.2, 0) is 0 Å². The molecule has 0 atom stereocenters. The van der Waals surface area contributed by atoms with E-state index >= 15 is 0 Å². The quantitative estimate of drug-likeness (QED) is 0.176. The molecule has 0 saturated carbocycles. The van der Waals surface area contributed by atoms with Crippen molar-refractivity contribution < 1.29 is 0 Å². The first-order valence-corrected chi connectivity index (χ1v) is 19.9. The summed E-state index contributed by atoms with van der Waals surface area (Å²) in [5, 5.41) is 7.46. The van der Waals surface area contributed by atoms with E-state index in [9.17, 15) is 0 Å². The SMILES string of the molecule is c1ccc(-c2nc(-c3ccccc3)nc(-c3ccc(-n4c5ccccc5c5ccc6c7ccccc7n(-c7ccc8sc9ccccc9c8c7)c6c54)cc3)n2)cc1. The molecule has 266 valence electrons. The molecule has 0 aliphatic carbocycles. The van der Waals surface area contributed by atoms with Gasteiger partial charge in [-0.3, -0.25) is 0 Å². The molecular formula is C51H31N5S. The maximum Gasteiger partial charge on any atom is 0.164 e. The third-order valence-electron chi connectivity index (χ3n) is 11.2. The second-order valence-corrected chi connectivity index (χ2v) is 15.5. The van der Waals surface area contributed by atoms with Crippen molar-refractivity contribution in [2.75, 3.05) is 0 Å². The zero-order valence-corrected chi connectivity index (χ0v) is 31.4. The van der Waals surface area contributed by atoms with Crippen LogP contribution in [0.3, 0.4) is 0 Å². The monoisotopic (exact) mass is 745 g/mol. The van der Waals surface area contributed by atoms with E-state index in [4.69, 9.17) is 15.0 Å².